The lowest BCUT2D eigenvalue weighted by atomic mass is 9.95. The molecule has 1 aliphatic carbocycles. The van der Waals surface area contributed by atoms with E-state index in [2.05, 4.69) is 5.32 Å². The van der Waals surface area contributed by atoms with E-state index in [0.29, 0.717) is 23.2 Å². The van der Waals surface area contributed by atoms with Gasteiger partial charge in [0.05, 0.1) is 10.6 Å². The number of aryl methyl sites for hydroxylation is 2. The molecule has 1 fully saturated rings. The minimum Gasteiger partial charge on any atom is -0.352 e. The van der Waals surface area contributed by atoms with Crippen molar-refractivity contribution in [2.45, 2.75) is 82.8 Å². The first kappa shape index (κ1) is 31.2. The fourth-order valence-corrected chi connectivity index (χ4v) is 6.92. The van der Waals surface area contributed by atoms with Gasteiger partial charge >= 0.3 is 0 Å². The normalized spacial score (nSPS) is 14.7. The number of benzene rings is 3. The van der Waals surface area contributed by atoms with Gasteiger partial charge in [0, 0.05) is 12.6 Å². The topological polar surface area (TPSA) is 86.8 Å². The van der Waals surface area contributed by atoms with Crippen molar-refractivity contribution in [3.63, 3.8) is 0 Å². The molecule has 1 saturated carbocycles. The maximum Gasteiger partial charge on any atom is 0.264 e. The highest BCUT2D eigenvalue weighted by Crippen LogP contribution is 2.28. The van der Waals surface area contributed by atoms with Crippen molar-refractivity contribution in [3.05, 3.63) is 95.3 Å². The van der Waals surface area contributed by atoms with Crippen molar-refractivity contribution in [2.24, 2.45) is 0 Å². The van der Waals surface area contributed by atoms with E-state index in [0.717, 1.165) is 42.0 Å². The standard InChI is InChI=1S/C33H40FN3O4S/c1-4-30(33(39)35-28-11-6-5-7-12-28)36(22-26-16-18-27(34)19-17-26)32(38)23-37(31-13-9-8-10-25(31)3)42(40,41)29-20-14-24(2)15-21-29/h8-10,13-21,28,30H,4-7,11-12,22-23H2,1-3H3,(H,35,39). The maximum atomic E-state index is 14.2. The van der Waals surface area contributed by atoms with Crippen molar-refractivity contribution >= 4 is 27.5 Å². The molecule has 2 amide bonds. The number of anilines is 1. The Morgan fingerprint density at radius 2 is 1.57 bits per heavy atom. The number of sulfonamides is 1. The van der Waals surface area contributed by atoms with Crippen LogP contribution < -0.4 is 9.62 Å². The first-order valence-corrected chi connectivity index (χ1v) is 16.0. The van der Waals surface area contributed by atoms with Gasteiger partial charge in [0.1, 0.15) is 18.4 Å². The number of carbonyl (C=O) groups excluding carboxylic acids is 2. The number of amides is 2. The van der Waals surface area contributed by atoms with Gasteiger partial charge in [0.2, 0.25) is 11.8 Å². The zero-order chi connectivity index (χ0) is 30.3. The summed E-state index contributed by atoms with van der Waals surface area (Å²) in [5, 5.41) is 3.13. The Labute approximate surface area is 248 Å². The number of carbonyl (C=O) groups is 2. The fraction of sp³-hybridized carbons (Fsp3) is 0.394. The molecule has 0 saturated heterocycles. The third kappa shape index (κ3) is 7.56. The van der Waals surface area contributed by atoms with Gasteiger partial charge in [0.15, 0.2) is 0 Å². The van der Waals surface area contributed by atoms with Crippen molar-refractivity contribution in [1.82, 2.24) is 10.2 Å². The first-order chi connectivity index (χ1) is 20.1. The van der Waals surface area contributed by atoms with Crippen LogP contribution in [0, 0.1) is 19.7 Å². The van der Waals surface area contributed by atoms with E-state index in [-0.39, 0.29) is 23.4 Å². The summed E-state index contributed by atoms with van der Waals surface area (Å²) in [5.41, 5.74) is 2.62. The largest absolute Gasteiger partial charge is 0.352 e. The second-order valence-electron chi connectivity index (χ2n) is 11.0. The summed E-state index contributed by atoms with van der Waals surface area (Å²) >= 11 is 0. The number of halogens is 1. The zero-order valence-corrected chi connectivity index (χ0v) is 25.4. The highest BCUT2D eigenvalue weighted by molar-refractivity contribution is 7.92. The Hall–Kier alpha value is -3.72. The molecule has 0 spiro atoms. The van der Waals surface area contributed by atoms with Crippen LogP contribution in [0.5, 0.6) is 0 Å². The number of nitrogens with one attached hydrogen (secondary N) is 1. The predicted molar refractivity (Wildman–Crippen MR) is 163 cm³/mol. The molecule has 3 aromatic rings. The number of para-hydroxylation sites is 1. The van der Waals surface area contributed by atoms with Crippen LogP contribution in [0.15, 0.2) is 77.7 Å². The molecular formula is C33H40FN3O4S. The molecule has 42 heavy (non-hydrogen) atoms. The summed E-state index contributed by atoms with van der Waals surface area (Å²) in [6.45, 7) is 5.02. The van der Waals surface area contributed by atoms with Crippen LogP contribution in [0.3, 0.4) is 0 Å². The van der Waals surface area contributed by atoms with E-state index in [1.807, 2.05) is 13.8 Å². The average molecular weight is 594 g/mol. The molecule has 0 radical (unpaired) electrons. The second kappa shape index (κ2) is 14.0. The molecule has 3 aromatic carbocycles. The molecule has 1 N–H and O–H groups in total. The zero-order valence-electron chi connectivity index (χ0n) is 24.6. The maximum absolute atomic E-state index is 14.2. The summed E-state index contributed by atoms with van der Waals surface area (Å²) < 4.78 is 42.9. The lowest BCUT2D eigenvalue weighted by Crippen LogP contribution is -2.54. The Bertz CT molecular complexity index is 1470. The molecule has 1 unspecified atom stereocenters. The average Bonchev–Trinajstić information content (AvgIpc) is 2.98. The summed E-state index contributed by atoms with van der Waals surface area (Å²) in [7, 11) is -4.14. The van der Waals surface area contributed by atoms with Gasteiger partial charge in [-0.1, -0.05) is 74.2 Å². The number of nitrogens with zero attached hydrogens (tertiary/aromatic N) is 2. The van der Waals surface area contributed by atoms with Gasteiger partial charge in [0.25, 0.3) is 10.0 Å². The quantitative estimate of drug-likeness (QED) is 0.300. The van der Waals surface area contributed by atoms with Crippen LogP contribution in [0.1, 0.15) is 62.1 Å². The van der Waals surface area contributed by atoms with E-state index in [1.54, 1.807) is 55.5 Å². The summed E-state index contributed by atoms with van der Waals surface area (Å²) in [5.74, 6) is -1.19. The monoisotopic (exact) mass is 593 g/mol. The van der Waals surface area contributed by atoms with Crippen LogP contribution in [0.4, 0.5) is 10.1 Å². The molecule has 224 valence electrons. The van der Waals surface area contributed by atoms with Gasteiger partial charge in [-0.25, -0.2) is 12.8 Å². The van der Waals surface area contributed by atoms with E-state index in [4.69, 9.17) is 0 Å². The Morgan fingerprint density at radius 1 is 0.929 bits per heavy atom. The molecule has 0 heterocycles. The van der Waals surface area contributed by atoms with Crippen LogP contribution in [-0.4, -0.2) is 43.8 Å². The number of hydrogen-bond acceptors (Lipinski definition) is 4. The highest BCUT2D eigenvalue weighted by Gasteiger charge is 2.34. The second-order valence-corrected chi connectivity index (χ2v) is 12.9. The fourth-order valence-electron chi connectivity index (χ4n) is 5.44. The van der Waals surface area contributed by atoms with Crippen molar-refractivity contribution < 1.29 is 22.4 Å². The SMILES string of the molecule is CCC(C(=O)NC1CCCCC1)N(Cc1ccc(F)cc1)C(=O)CN(c1ccccc1C)S(=O)(=O)c1ccc(C)cc1. The number of hydrogen-bond donors (Lipinski definition) is 1. The van der Waals surface area contributed by atoms with E-state index < -0.39 is 34.3 Å². The Kier molecular flexibility index (Phi) is 10.4. The van der Waals surface area contributed by atoms with Crippen molar-refractivity contribution in [1.29, 1.82) is 0 Å². The van der Waals surface area contributed by atoms with Crippen molar-refractivity contribution in [2.75, 3.05) is 10.8 Å². The van der Waals surface area contributed by atoms with Gasteiger partial charge in [-0.3, -0.25) is 13.9 Å². The first-order valence-electron chi connectivity index (χ1n) is 14.6. The molecule has 7 nitrogen and oxygen atoms in total. The highest BCUT2D eigenvalue weighted by atomic mass is 32.2. The minimum atomic E-state index is -4.14. The van der Waals surface area contributed by atoms with E-state index in [9.17, 15) is 22.4 Å². The molecule has 0 bridgehead atoms. The molecular weight excluding hydrogens is 553 g/mol. The number of rotatable bonds is 11. The molecule has 0 aliphatic heterocycles. The molecule has 1 atom stereocenters. The van der Waals surface area contributed by atoms with E-state index in [1.165, 1.54) is 29.2 Å². The lowest BCUT2D eigenvalue weighted by Gasteiger charge is -2.34. The summed E-state index contributed by atoms with van der Waals surface area (Å²) in [6.07, 6.45) is 5.35. The molecule has 4 rings (SSSR count). The van der Waals surface area contributed by atoms with Gasteiger partial charge < -0.3 is 10.2 Å². The van der Waals surface area contributed by atoms with Gasteiger partial charge in [-0.2, -0.15) is 0 Å². The molecule has 1 aliphatic rings. The summed E-state index contributed by atoms with van der Waals surface area (Å²) in [4.78, 5) is 29.3. The van der Waals surface area contributed by atoms with Crippen LogP contribution in [0.2, 0.25) is 0 Å². The van der Waals surface area contributed by atoms with Gasteiger partial charge in [-0.05, 0) is 74.6 Å². The predicted octanol–water partition coefficient (Wildman–Crippen LogP) is 5.89. The van der Waals surface area contributed by atoms with Crippen molar-refractivity contribution in [3.8, 4) is 0 Å². The van der Waals surface area contributed by atoms with Crippen LogP contribution >= 0.6 is 0 Å². The Morgan fingerprint density at radius 3 is 2.19 bits per heavy atom. The van der Waals surface area contributed by atoms with E-state index >= 15 is 0 Å². The minimum absolute atomic E-state index is 0.0297. The summed E-state index contributed by atoms with van der Waals surface area (Å²) in [6, 6.07) is 18.5. The Balaban J connectivity index is 1.71. The van der Waals surface area contributed by atoms with Gasteiger partial charge in [-0.15, -0.1) is 0 Å². The third-order valence-corrected chi connectivity index (χ3v) is 9.65. The molecule has 0 aromatic heterocycles. The molecule has 9 heteroatoms. The van der Waals surface area contributed by atoms with Crippen LogP contribution in [0.25, 0.3) is 0 Å². The smallest absolute Gasteiger partial charge is 0.264 e. The lowest BCUT2D eigenvalue weighted by molar-refractivity contribution is -0.140. The third-order valence-electron chi connectivity index (χ3n) is 7.88. The van der Waals surface area contributed by atoms with Crippen LogP contribution in [-0.2, 0) is 26.2 Å².